The van der Waals surface area contributed by atoms with Crippen molar-refractivity contribution in [2.24, 2.45) is 0 Å². The highest BCUT2D eigenvalue weighted by Crippen LogP contribution is 2.18. The Bertz CT molecular complexity index is 709. The lowest BCUT2D eigenvalue weighted by Crippen LogP contribution is -2.39. The summed E-state index contributed by atoms with van der Waals surface area (Å²) < 4.78 is 26.0. The van der Waals surface area contributed by atoms with Crippen LogP contribution in [0.3, 0.4) is 0 Å². The summed E-state index contributed by atoms with van der Waals surface area (Å²) in [4.78, 5) is 12.1. The summed E-state index contributed by atoms with van der Waals surface area (Å²) in [6, 6.07) is 9.93. The van der Waals surface area contributed by atoms with Gasteiger partial charge in [-0.2, -0.15) is 0 Å². The van der Waals surface area contributed by atoms with Crippen LogP contribution in [0.25, 0.3) is 0 Å². The Labute approximate surface area is 138 Å². The lowest BCUT2D eigenvalue weighted by molar-refractivity contribution is -0.117. The average Bonchev–Trinajstić information content (AvgIpc) is 2.50. The first-order valence-electron chi connectivity index (χ1n) is 7.14. The first kappa shape index (κ1) is 17.4. The number of anilines is 1. The number of benzene rings is 2. The van der Waals surface area contributed by atoms with Crippen LogP contribution in [0, 0.1) is 11.6 Å². The summed E-state index contributed by atoms with van der Waals surface area (Å²) in [5, 5.41) is 6.30. The van der Waals surface area contributed by atoms with E-state index in [1.165, 1.54) is 6.07 Å². The fourth-order valence-electron chi connectivity index (χ4n) is 2.15. The summed E-state index contributed by atoms with van der Waals surface area (Å²) >= 11 is 5.95. The van der Waals surface area contributed by atoms with Gasteiger partial charge in [-0.25, -0.2) is 8.78 Å². The van der Waals surface area contributed by atoms with E-state index in [1.54, 1.807) is 13.0 Å². The molecule has 122 valence electrons. The highest BCUT2D eigenvalue weighted by molar-refractivity contribution is 6.30. The highest BCUT2D eigenvalue weighted by Gasteiger charge is 2.17. The lowest BCUT2D eigenvalue weighted by Gasteiger charge is -2.20. The van der Waals surface area contributed by atoms with Crippen LogP contribution in [0.1, 0.15) is 25.5 Å². The van der Waals surface area contributed by atoms with Crippen LogP contribution >= 0.6 is 11.6 Å². The number of hydrogen-bond acceptors (Lipinski definition) is 2. The second-order valence-electron chi connectivity index (χ2n) is 5.28. The average molecular weight is 339 g/mol. The fourth-order valence-corrected chi connectivity index (χ4v) is 2.35. The molecule has 2 rings (SSSR count). The lowest BCUT2D eigenvalue weighted by atomic mass is 10.1. The molecule has 6 heteroatoms. The number of amides is 1. The Hall–Kier alpha value is -1.98. The molecule has 2 aromatic rings. The second-order valence-corrected chi connectivity index (χ2v) is 5.72. The third-order valence-corrected chi connectivity index (χ3v) is 3.66. The molecule has 2 atom stereocenters. The predicted molar refractivity (Wildman–Crippen MR) is 87.5 cm³/mol. The van der Waals surface area contributed by atoms with Gasteiger partial charge in [0.2, 0.25) is 5.91 Å². The topological polar surface area (TPSA) is 41.1 Å². The largest absolute Gasteiger partial charge is 0.325 e. The Balaban J connectivity index is 1.98. The van der Waals surface area contributed by atoms with Crippen molar-refractivity contribution >= 4 is 23.2 Å². The molecule has 0 saturated heterocycles. The smallest absolute Gasteiger partial charge is 0.241 e. The van der Waals surface area contributed by atoms with E-state index >= 15 is 0 Å². The van der Waals surface area contributed by atoms with Gasteiger partial charge in [0.25, 0.3) is 0 Å². The normalized spacial score (nSPS) is 13.4. The van der Waals surface area contributed by atoms with Crippen LogP contribution in [0.4, 0.5) is 14.5 Å². The molecule has 0 bridgehead atoms. The first-order chi connectivity index (χ1) is 10.9. The second kappa shape index (κ2) is 7.53. The first-order valence-corrected chi connectivity index (χ1v) is 7.52. The molecule has 0 aliphatic carbocycles. The van der Waals surface area contributed by atoms with Crippen molar-refractivity contribution in [3.8, 4) is 0 Å². The molecule has 0 aromatic heterocycles. The summed E-state index contributed by atoms with van der Waals surface area (Å²) in [6.07, 6.45) is 0. The van der Waals surface area contributed by atoms with E-state index in [9.17, 15) is 13.6 Å². The monoisotopic (exact) mass is 338 g/mol. The van der Waals surface area contributed by atoms with Crippen LogP contribution in [-0.2, 0) is 4.79 Å². The molecule has 0 fully saturated rings. The van der Waals surface area contributed by atoms with E-state index in [0.717, 1.165) is 17.7 Å². The standard InChI is InChI=1S/C17H17ClF2N2O/c1-10(12-4-3-5-13(18)8-12)21-11(2)17(23)22-14-6-7-15(19)16(20)9-14/h3-11,21H,1-2H3,(H,22,23). The molecular formula is C17H17ClF2N2O. The van der Waals surface area contributed by atoms with Gasteiger partial charge in [0.05, 0.1) is 6.04 Å². The van der Waals surface area contributed by atoms with Crippen LogP contribution in [0.2, 0.25) is 5.02 Å². The Morgan fingerprint density at radius 3 is 2.48 bits per heavy atom. The minimum absolute atomic E-state index is 0.0978. The maximum Gasteiger partial charge on any atom is 0.241 e. The third-order valence-electron chi connectivity index (χ3n) is 3.43. The maximum atomic E-state index is 13.1. The van der Waals surface area contributed by atoms with Gasteiger partial charge in [0, 0.05) is 22.8 Å². The molecule has 2 aromatic carbocycles. The van der Waals surface area contributed by atoms with E-state index in [2.05, 4.69) is 10.6 Å². The highest BCUT2D eigenvalue weighted by atomic mass is 35.5. The van der Waals surface area contributed by atoms with Crippen molar-refractivity contribution in [1.82, 2.24) is 5.32 Å². The molecule has 0 saturated carbocycles. The van der Waals surface area contributed by atoms with Crippen molar-refractivity contribution in [3.63, 3.8) is 0 Å². The number of hydrogen-bond donors (Lipinski definition) is 2. The molecule has 2 unspecified atom stereocenters. The third kappa shape index (κ3) is 4.74. The predicted octanol–water partition coefficient (Wildman–Crippen LogP) is 4.30. The number of rotatable bonds is 5. The molecule has 0 aliphatic rings. The number of carbonyl (C=O) groups excluding carboxylic acids is 1. The maximum absolute atomic E-state index is 13.1. The van der Waals surface area contributed by atoms with Gasteiger partial charge in [0.1, 0.15) is 0 Å². The van der Waals surface area contributed by atoms with Crippen LogP contribution < -0.4 is 10.6 Å². The molecule has 0 aliphatic heterocycles. The number of carbonyl (C=O) groups is 1. The van der Waals surface area contributed by atoms with Crippen LogP contribution in [0.15, 0.2) is 42.5 Å². The van der Waals surface area contributed by atoms with Gasteiger partial charge in [0.15, 0.2) is 11.6 Å². The van der Waals surface area contributed by atoms with Crippen molar-refractivity contribution in [3.05, 3.63) is 64.7 Å². The molecule has 1 amide bonds. The van der Waals surface area contributed by atoms with E-state index < -0.39 is 17.7 Å². The van der Waals surface area contributed by atoms with Gasteiger partial charge in [-0.1, -0.05) is 23.7 Å². The number of halogens is 3. The Morgan fingerprint density at radius 1 is 1.09 bits per heavy atom. The zero-order chi connectivity index (χ0) is 17.0. The Kier molecular flexibility index (Phi) is 5.69. The molecule has 0 radical (unpaired) electrons. The summed E-state index contributed by atoms with van der Waals surface area (Å²) in [5.74, 6) is -2.30. The molecule has 23 heavy (non-hydrogen) atoms. The van der Waals surface area contributed by atoms with Crippen LogP contribution in [0.5, 0.6) is 0 Å². The van der Waals surface area contributed by atoms with Gasteiger partial charge in [-0.05, 0) is 43.7 Å². The zero-order valence-electron chi connectivity index (χ0n) is 12.7. The zero-order valence-corrected chi connectivity index (χ0v) is 13.5. The summed E-state index contributed by atoms with van der Waals surface area (Å²) in [6.45, 7) is 3.60. The van der Waals surface area contributed by atoms with Crippen molar-refractivity contribution in [2.75, 3.05) is 5.32 Å². The molecule has 2 N–H and O–H groups in total. The summed E-state index contributed by atoms with van der Waals surface area (Å²) in [5.41, 5.74) is 1.16. The van der Waals surface area contributed by atoms with Crippen molar-refractivity contribution in [2.45, 2.75) is 25.9 Å². The van der Waals surface area contributed by atoms with Crippen molar-refractivity contribution < 1.29 is 13.6 Å². The van der Waals surface area contributed by atoms with E-state index in [4.69, 9.17) is 11.6 Å². The minimum atomic E-state index is -1.00. The Morgan fingerprint density at radius 2 is 1.83 bits per heavy atom. The van der Waals surface area contributed by atoms with Gasteiger partial charge >= 0.3 is 0 Å². The SMILES string of the molecule is CC(NC(C)c1cccc(Cl)c1)C(=O)Nc1ccc(F)c(F)c1. The summed E-state index contributed by atoms with van der Waals surface area (Å²) in [7, 11) is 0. The molecule has 3 nitrogen and oxygen atoms in total. The van der Waals surface area contributed by atoms with E-state index in [1.807, 2.05) is 25.1 Å². The minimum Gasteiger partial charge on any atom is -0.325 e. The quantitative estimate of drug-likeness (QED) is 0.853. The molecule has 0 spiro atoms. The van der Waals surface area contributed by atoms with Crippen LogP contribution in [-0.4, -0.2) is 11.9 Å². The van der Waals surface area contributed by atoms with Gasteiger partial charge < -0.3 is 5.32 Å². The fraction of sp³-hybridized carbons (Fsp3) is 0.235. The van der Waals surface area contributed by atoms with Gasteiger partial charge in [-0.15, -0.1) is 0 Å². The van der Waals surface area contributed by atoms with Gasteiger partial charge in [-0.3, -0.25) is 10.1 Å². The number of nitrogens with one attached hydrogen (secondary N) is 2. The van der Waals surface area contributed by atoms with E-state index in [-0.39, 0.29) is 17.6 Å². The van der Waals surface area contributed by atoms with E-state index in [0.29, 0.717) is 5.02 Å². The molecule has 0 heterocycles. The van der Waals surface area contributed by atoms with Crippen molar-refractivity contribution in [1.29, 1.82) is 0 Å². The molecular weight excluding hydrogens is 322 g/mol.